The van der Waals surface area contributed by atoms with Crippen LogP contribution in [0.2, 0.25) is 0 Å². The number of ether oxygens (including phenoxy) is 1. The third-order valence-electron chi connectivity index (χ3n) is 3.63. The number of esters is 1. The van der Waals surface area contributed by atoms with Gasteiger partial charge in [-0.15, -0.1) is 0 Å². The molecule has 0 saturated carbocycles. The Morgan fingerprint density at radius 2 is 1.75 bits per heavy atom. The van der Waals surface area contributed by atoms with Crippen molar-refractivity contribution in [3.63, 3.8) is 0 Å². The Balaban J connectivity index is 2.24. The van der Waals surface area contributed by atoms with Crippen LogP contribution in [0.1, 0.15) is 35.7 Å². The molecule has 0 spiro atoms. The SMILES string of the molecule is CCCCc1ccc(S(=O)(=O)Nc2ccccc2C(=O)OC)cc1. The first-order valence-electron chi connectivity index (χ1n) is 7.77. The van der Waals surface area contributed by atoms with Gasteiger partial charge in [-0.1, -0.05) is 37.6 Å². The van der Waals surface area contributed by atoms with Gasteiger partial charge < -0.3 is 4.74 Å². The molecule has 128 valence electrons. The lowest BCUT2D eigenvalue weighted by molar-refractivity contribution is 0.0602. The molecule has 0 aliphatic carbocycles. The quantitative estimate of drug-likeness (QED) is 0.777. The molecule has 0 aliphatic heterocycles. The molecule has 1 N–H and O–H groups in total. The predicted octanol–water partition coefficient (Wildman–Crippen LogP) is 3.62. The number of aryl methyl sites for hydroxylation is 1. The molecule has 0 bridgehead atoms. The van der Waals surface area contributed by atoms with E-state index in [4.69, 9.17) is 0 Å². The van der Waals surface area contributed by atoms with Gasteiger partial charge in [-0.3, -0.25) is 4.72 Å². The number of carbonyl (C=O) groups excluding carboxylic acids is 1. The molecule has 24 heavy (non-hydrogen) atoms. The van der Waals surface area contributed by atoms with Crippen LogP contribution in [0.25, 0.3) is 0 Å². The van der Waals surface area contributed by atoms with Crippen molar-refractivity contribution >= 4 is 21.7 Å². The zero-order chi connectivity index (χ0) is 17.6. The number of carbonyl (C=O) groups is 1. The molecule has 0 aliphatic rings. The van der Waals surface area contributed by atoms with Gasteiger partial charge in [0, 0.05) is 0 Å². The van der Waals surface area contributed by atoms with Gasteiger partial charge in [0.05, 0.1) is 23.3 Å². The minimum Gasteiger partial charge on any atom is -0.465 e. The highest BCUT2D eigenvalue weighted by Gasteiger charge is 2.18. The Kier molecular flexibility index (Phi) is 5.98. The van der Waals surface area contributed by atoms with Crippen molar-refractivity contribution in [1.82, 2.24) is 0 Å². The summed E-state index contributed by atoms with van der Waals surface area (Å²) in [6.45, 7) is 2.11. The fourth-order valence-electron chi connectivity index (χ4n) is 2.28. The number of sulfonamides is 1. The van der Waals surface area contributed by atoms with Crippen LogP contribution in [0.15, 0.2) is 53.4 Å². The maximum absolute atomic E-state index is 12.5. The van der Waals surface area contributed by atoms with Gasteiger partial charge in [0.25, 0.3) is 10.0 Å². The first-order chi connectivity index (χ1) is 11.5. The number of anilines is 1. The highest BCUT2D eigenvalue weighted by molar-refractivity contribution is 7.92. The minimum atomic E-state index is -3.77. The number of rotatable bonds is 7. The van der Waals surface area contributed by atoms with Crippen molar-refractivity contribution in [2.24, 2.45) is 0 Å². The lowest BCUT2D eigenvalue weighted by Crippen LogP contribution is -2.16. The maximum atomic E-state index is 12.5. The second-order valence-corrected chi connectivity index (χ2v) is 7.07. The van der Waals surface area contributed by atoms with Crippen molar-refractivity contribution in [3.05, 3.63) is 59.7 Å². The van der Waals surface area contributed by atoms with Gasteiger partial charge in [0.15, 0.2) is 0 Å². The molecule has 0 unspecified atom stereocenters. The van der Waals surface area contributed by atoms with Crippen LogP contribution in [0.5, 0.6) is 0 Å². The van der Waals surface area contributed by atoms with E-state index in [0.717, 1.165) is 24.8 Å². The maximum Gasteiger partial charge on any atom is 0.339 e. The Bertz CT molecular complexity index is 798. The van der Waals surface area contributed by atoms with E-state index in [2.05, 4.69) is 16.4 Å². The van der Waals surface area contributed by atoms with Crippen LogP contribution in [-0.4, -0.2) is 21.5 Å². The number of unbranched alkanes of at least 4 members (excludes halogenated alkanes) is 1. The molecule has 5 nitrogen and oxygen atoms in total. The highest BCUT2D eigenvalue weighted by atomic mass is 32.2. The van der Waals surface area contributed by atoms with Crippen LogP contribution in [0.4, 0.5) is 5.69 Å². The van der Waals surface area contributed by atoms with E-state index < -0.39 is 16.0 Å². The molecular formula is C18H21NO4S. The van der Waals surface area contributed by atoms with Crippen LogP contribution in [-0.2, 0) is 21.2 Å². The average Bonchev–Trinajstić information content (AvgIpc) is 2.60. The highest BCUT2D eigenvalue weighted by Crippen LogP contribution is 2.21. The third-order valence-corrected chi connectivity index (χ3v) is 5.01. The molecule has 0 amide bonds. The molecule has 6 heteroatoms. The monoisotopic (exact) mass is 347 g/mol. The number of nitrogens with one attached hydrogen (secondary N) is 1. The smallest absolute Gasteiger partial charge is 0.339 e. The van der Waals surface area contributed by atoms with Crippen molar-refractivity contribution in [2.75, 3.05) is 11.8 Å². The summed E-state index contributed by atoms with van der Waals surface area (Å²) >= 11 is 0. The van der Waals surface area contributed by atoms with E-state index in [1.54, 1.807) is 24.3 Å². The lowest BCUT2D eigenvalue weighted by Gasteiger charge is -2.11. The number of para-hydroxylation sites is 1. The lowest BCUT2D eigenvalue weighted by atomic mass is 10.1. The van der Waals surface area contributed by atoms with Crippen molar-refractivity contribution in [3.8, 4) is 0 Å². The largest absolute Gasteiger partial charge is 0.465 e. The molecule has 2 aromatic carbocycles. The van der Waals surface area contributed by atoms with Gasteiger partial charge in [0.2, 0.25) is 0 Å². The summed E-state index contributed by atoms with van der Waals surface area (Å²) in [5.74, 6) is -0.594. The second kappa shape index (κ2) is 7.97. The number of benzene rings is 2. The zero-order valence-corrected chi connectivity index (χ0v) is 14.6. The van der Waals surface area contributed by atoms with E-state index in [0.29, 0.717) is 0 Å². The molecule has 0 radical (unpaired) electrons. The van der Waals surface area contributed by atoms with Crippen molar-refractivity contribution in [1.29, 1.82) is 0 Å². The molecule has 0 saturated heterocycles. The second-order valence-electron chi connectivity index (χ2n) is 5.39. The van der Waals surface area contributed by atoms with Gasteiger partial charge in [0.1, 0.15) is 0 Å². The van der Waals surface area contributed by atoms with Crippen LogP contribution < -0.4 is 4.72 Å². The van der Waals surface area contributed by atoms with E-state index in [-0.39, 0.29) is 16.1 Å². The summed E-state index contributed by atoms with van der Waals surface area (Å²) in [6.07, 6.45) is 3.08. The first-order valence-corrected chi connectivity index (χ1v) is 9.25. The standard InChI is InChI=1S/C18H21NO4S/c1-3-4-7-14-10-12-15(13-11-14)24(21,22)19-17-9-6-5-8-16(17)18(20)23-2/h5-6,8-13,19H,3-4,7H2,1-2H3. The summed E-state index contributed by atoms with van der Waals surface area (Å²) in [6, 6.07) is 13.1. The Hall–Kier alpha value is -2.34. The minimum absolute atomic E-state index is 0.155. The van der Waals surface area contributed by atoms with Gasteiger partial charge in [-0.2, -0.15) is 0 Å². The number of hydrogen-bond donors (Lipinski definition) is 1. The summed E-state index contributed by atoms with van der Waals surface area (Å²) in [7, 11) is -2.52. The average molecular weight is 347 g/mol. The van der Waals surface area contributed by atoms with Crippen LogP contribution in [0.3, 0.4) is 0 Å². The normalized spacial score (nSPS) is 11.1. The Morgan fingerprint density at radius 1 is 1.08 bits per heavy atom. The fraction of sp³-hybridized carbons (Fsp3) is 0.278. The van der Waals surface area contributed by atoms with Crippen LogP contribution in [0, 0.1) is 0 Å². The molecule has 0 atom stereocenters. The third kappa shape index (κ3) is 4.35. The van der Waals surface area contributed by atoms with Crippen LogP contribution >= 0.6 is 0 Å². The summed E-state index contributed by atoms with van der Waals surface area (Å²) in [5.41, 5.74) is 1.47. The van der Waals surface area contributed by atoms with Gasteiger partial charge in [-0.05, 0) is 42.7 Å². The molecule has 2 rings (SSSR count). The van der Waals surface area contributed by atoms with Crippen molar-refractivity contribution in [2.45, 2.75) is 31.1 Å². The Labute approximate surface area is 142 Å². The zero-order valence-electron chi connectivity index (χ0n) is 13.8. The Morgan fingerprint density at radius 3 is 2.38 bits per heavy atom. The first kappa shape index (κ1) is 18.0. The molecule has 2 aromatic rings. The summed E-state index contributed by atoms with van der Waals surface area (Å²) in [5, 5.41) is 0. The summed E-state index contributed by atoms with van der Waals surface area (Å²) in [4.78, 5) is 11.9. The van der Waals surface area contributed by atoms with Gasteiger partial charge >= 0.3 is 5.97 Å². The number of hydrogen-bond acceptors (Lipinski definition) is 4. The van der Waals surface area contributed by atoms with E-state index in [1.807, 2.05) is 12.1 Å². The summed E-state index contributed by atoms with van der Waals surface area (Å²) < 4.78 is 32.2. The topological polar surface area (TPSA) is 72.5 Å². The molecule has 0 heterocycles. The predicted molar refractivity (Wildman–Crippen MR) is 93.6 cm³/mol. The van der Waals surface area contributed by atoms with E-state index >= 15 is 0 Å². The van der Waals surface area contributed by atoms with E-state index in [1.165, 1.54) is 19.2 Å². The van der Waals surface area contributed by atoms with E-state index in [9.17, 15) is 13.2 Å². The van der Waals surface area contributed by atoms with Gasteiger partial charge in [-0.25, -0.2) is 13.2 Å². The molecule has 0 aromatic heterocycles. The number of methoxy groups -OCH3 is 1. The molecule has 0 fully saturated rings. The van der Waals surface area contributed by atoms with Crippen molar-refractivity contribution < 1.29 is 17.9 Å². The molecular weight excluding hydrogens is 326 g/mol. The fourth-order valence-corrected chi connectivity index (χ4v) is 3.36.